The van der Waals surface area contributed by atoms with Gasteiger partial charge in [0.05, 0.1) is 31.8 Å². The number of nitriles is 1. The minimum absolute atomic E-state index is 0.552. The van der Waals surface area contributed by atoms with Crippen molar-refractivity contribution in [1.29, 1.82) is 5.26 Å². The van der Waals surface area contributed by atoms with E-state index in [9.17, 15) is 10.4 Å². The van der Waals surface area contributed by atoms with Crippen LogP contribution in [0, 0.1) is 16.7 Å². The van der Waals surface area contributed by atoms with Crippen molar-refractivity contribution < 1.29 is 14.6 Å². The molecule has 2 rings (SSSR count). The molecule has 0 aromatic heterocycles. The third-order valence-corrected chi connectivity index (χ3v) is 4.73. The summed E-state index contributed by atoms with van der Waals surface area (Å²) in [4.78, 5) is 0. The summed E-state index contributed by atoms with van der Waals surface area (Å²) >= 11 is 3.45. The lowest BCUT2D eigenvalue weighted by Gasteiger charge is -2.28. The van der Waals surface area contributed by atoms with Crippen molar-refractivity contribution in [1.82, 2.24) is 0 Å². The molecule has 1 saturated carbocycles. The van der Waals surface area contributed by atoms with Crippen molar-refractivity contribution in [2.45, 2.75) is 31.8 Å². The number of benzene rings is 1. The van der Waals surface area contributed by atoms with E-state index in [0.717, 1.165) is 30.2 Å². The molecule has 5 heteroatoms. The maximum absolute atomic E-state index is 10.7. The molecule has 1 N–H and O–H groups in total. The molecule has 0 radical (unpaired) electrons. The molecule has 20 heavy (non-hydrogen) atoms. The molecule has 1 aromatic rings. The summed E-state index contributed by atoms with van der Waals surface area (Å²) < 4.78 is 11.2. The Labute approximate surface area is 127 Å². The summed E-state index contributed by atoms with van der Waals surface area (Å²) in [6.45, 7) is 0. The van der Waals surface area contributed by atoms with Crippen molar-refractivity contribution in [3.8, 4) is 17.6 Å². The molecule has 1 aromatic carbocycles. The van der Waals surface area contributed by atoms with Gasteiger partial charge in [-0.1, -0.05) is 28.8 Å². The van der Waals surface area contributed by atoms with Crippen LogP contribution in [0.3, 0.4) is 0 Å². The van der Waals surface area contributed by atoms with Gasteiger partial charge in [-0.15, -0.1) is 0 Å². The molecular formula is C15H18BrNO3. The minimum atomic E-state index is -0.829. The number of aliphatic hydroxyl groups is 1. The van der Waals surface area contributed by atoms with Crippen molar-refractivity contribution in [3.05, 3.63) is 22.2 Å². The molecule has 1 atom stereocenters. The average Bonchev–Trinajstić information content (AvgIpc) is 2.96. The van der Waals surface area contributed by atoms with Gasteiger partial charge in [0.2, 0.25) is 0 Å². The Balaban J connectivity index is 2.44. The van der Waals surface area contributed by atoms with Gasteiger partial charge in [0.25, 0.3) is 0 Å². The van der Waals surface area contributed by atoms with E-state index in [1.54, 1.807) is 26.4 Å². The number of hydrogen-bond acceptors (Lipinski definition) is 4. The van der Waals surface area contributed by atoms with Crippen LogP contribution < -0.4 is 9.47 Å². The Morgan fingerprint density at radius 3 is 2.30 bits per heavy atom. The molecule has 0 aliphatic heterocycles. The Hall–Kier alpha value is -1.25. The van der Waals surface area contributed by atoms with E-state index in [0.29, 0.717) is 17.1 Å². The van der Waals surface area contributed by atoms with E-state index in [-0.39, 0.29) is 0 Å². The number of halogens is 1. The van der Waals surface area contributed by atoms with Gasteiger partial charge in [-0.25, -0.2) is 0 Å². The van der Waals surface area contributed by atoms with Crippen LogP contribution in [0.4, 0.5) is 0 Å². The molecule has 108 valence electrons. The summed E-state index contributed by atoms with van der Waals surface area (Å²) in [7, 11) is 3.12. The monoisotopic (exact) mass is 339 g/mol. The lowest BCUT2D eigenvalue weighted by Crippen LogP contribution is -2.24. The molecule has 1 fully saturated rings. The average molecular weight is 340 g/mol. The number of nitrogens with zero attached hydrogens (tertiary/aromatic N) is 1. The molecule has 0 saturated heterocycles. The van der Waals surface area contributed by atoms with Gasteiger partial charge in [0.1, 0.15) is 0 Å². The lowest BCUT2D eigenvalue weighted by atomic mass is 9.78. The molecule has 1 unspecified atom stereocenters. The Morgan fingerprint density at radius 1 is 1.25 bits per heavy atom. The number of aliphatic hydroxyl groups excluding tert-OH is 1. The molecular weight excluding hydrogens is 322 g/mol. The van der Waals surface area contributed by atoms with E-state index in [1.807, 2.05) is 0 Å². The van der Waals surface area contributed by atoms with E-state index in [4.69, 9.17) is 9.47 Å². The first-order valence-corrected chi connectivity index (χ1v) is 7.38. The number of methoxy groups -OCH3 is 2. The second-order valence-corrected chi connectivity index (χ2v) is 5.96. The van der Waals surface area contributed by atoms with E-state index >= 15 is 0 Å². The maximum Gasteiger partial charge on any atom is 0.161 e. The van der Waals surface area contributed by atoms with Crippen LogP contribution in [0.15, 0.2) is 16.6 Å². The zero-order chi connectivity index (χ0) is 14.8. The molecule has 4 nitrogen and oxygen atoms in total. The predicted molar refractivity (Wildman–Crippen MR) is 78.7 cm³/mol. The fraction of sp³-hybridized carbons (Fsp3) is 0.533. The number of rotatable bonds is 4. The highest BCUT2D eigenvalue weighted by molar-refractivity contribution is 9.10. The lowest BCUT2D eigenvalue weighted by molar-refractivity contribution is 0.0662. The summed E-state index contributed by atoms with van der Waals surface area (Å²) in [6, 6.07) is 5.83. The summed E-state index contributed by atoms with van der Waals surface area (Å²) in [5.41, 5.74) is -0.0200. The molecule has 1 aliphatic rings. The van der Waals surface area contributed by atoms with E-state index < -0.39 is 11.5 Å². The van der Waals surface area contributed by atoms with Crippen molar-refractivity contribution in [2.24, 2.45) is 5.41 Å². The molecule has 0 amide bonds. The zero-order valence-corrected chi connectivity index (χ0v) is 13.2. The van der Waals surface area contributed by atoms with E-state index in [2.05, 4.69) is 22.0 Å². The van der Waals surface area contributed by atoms with Gasteiger partial charge >= 0.3 is 0 Å². The van der Waals surface area contributed by atoms with Crippen molar-refractivity contribution in [3.63, 3.8) is 0 Å². The van der Waals surface area contributed by atoms with Crippen molar-refractivity contribution in [2.75, 3.05) is 14.2 Å². The fourth-order valence-corrected chi connectivity index (χ4v) is 3.37. The van der Waals surface area contributed by atoms with Crippen LogP contribution in [-0.4, -0.2) is 19.3 Å². The topological polar surface area (TPSA) is 62.5 Å². The third kappa shape index (κ3) is 2.50. The second-order valence-electron chi connectivity index (χ2n) is 5.11. The minimum Gasteiger partial charge on any atom is -0.493 e. The second kappa shape index (κ2) is 6.02. The molecule has 1 aliphatic carbocycles. The quantitative estimate of drug-likeness (QED) is 0.910. The van der Waals surface area contributed by atoms with Crippen LogP contribution in [-0.2, 0) is 0 Å². The normalized spacial score (nSPS) is 18.4. The smallest absolute Gasteiger partial charge is 0.161 e. The molecule has 0 bridgehead atoms. The largest absolute Gasteiger partial charge is 0.493 e. The summed E-state index contributed by atoms with van der Waals surface area (Å²) in [5.74, 6) is 1.14. The van der Waals surface area contributed by atoms with Crippen LogP contribution >= 0.6 is 15.9 Å². The van der Waals surface area contributed by atoms with Crippen LogP contribution in [0.1, 0.15) is 37.4 Å². The first-order chi connectivity index (χ1) is 9.57. The predicted octanol–water partition coefficient (Wildman–Crippen LogP) is 3.58. The Bertz CT molecular complexity index is 533. The number of ether oxygens (including phenoxy) is 2. The van der Waals surface area contributed by atoms with Crippen LogP contribution in [0.2, 0.25) is 0 Å². The van der Waals surface area contributed by atoms with Crippen molar-refractivity contribution >= 4 is 15.9 Å². The zero-order valence-electron chi connectivity index (χ0n) is 11.6. The summed E-state index contributed by atoms with van der Waals surface area (Å²) in [6.07, 6.45) is 2.59. The Morgan fingerprint density at radius 2 is 1.80 bits per heavy atom. The SMILES string of the molecule is COc1cc(Br)c(C(O)C2(C#N)CCCC2)cc1OC. The molecule has 0 heterocycles. The first kappa shape index (κ1) is 15.1. The third-order valence-electron chi connectivity index (χ3n) is 4.04. The highest BCUT2D eigenvalue weighted by Gasteiger charge is 2.42. The maximum atomic E-state index is 10.7. The Kier molecular flexibility index (Phi) is 4.56. The first-order valence-electron chi connectivity index (χ1n) is 6.58. The van der Waals surface area contributed by atoms with Gasteiger partial charge in [-0.2, -0.15) is 5.26 Å². The van der Waals surface area contributed by atoms with Gasteiger partial charge in [-0.3, -0.25) is 0 Å². The highest BCUT2D eigenvalue weighted by atomic mass is 79.9. The van der Waals surface area contributed by atoms with Crippen LogP contribution in [0.5, 0.6) is 11.5 Å². The molecule has 0 spiro atoms. The van der Waals surface area contributed by atoms with Gasteiger partial charge in [0, 0.05) is 10.0 Å². The van der Waals surface area contributed by atoms with E-state index in [1.165, 1.54) is 0 Å². The highest BCUT2D eigenvalue weighted by Crippen LogP contribution is 2.49. The van der Waals surface area contributed by atoms with Gasteiger partial charge in [0.15, 0.2) is 11.5 Å². The van der Waals surface area contributed by atoms with Crippen LogP contribution in [0.25, 0.3) is 0 Å². The van der Waals surface area contributed by atoms with Gasteiger partial charge in [-0.05, 0) is 25.0 Å². The standard InChI is InChI=1S/C15H18BrNO3/c1-19-12-7-10(11(16)8-13(12)20-2)14(18)15(9-17)5-3-4-6-15/h7-8,14,18H,3-6H2,1-2H3. The summed E-state index contributed by atoms with van der Waals surface area (Å²) in [5, 5.41) is 20.2. The van der Waals surface area contributed by atoms with Gasteiger partial charge < -0.3 is 14.6 Å². The fourth-order valence-electron chi connectivity index (χ4n) is 2.83. The number of hydrogen-bond donors (Lipinski definition) is 1.